The Morgan fingerprint density at radius 3 is 2.50 bits per heavy atom. The van der Waals surface area contributed by atoms with Gasteiger partial charge in [-0.1, -0.05) is 25.4 Å². The van der Waals surface area contributed by atoms with Crippen LogP contribution in [0.3, 0.4) is 0 Å². The lowest BCUT2D eigenvalue weighted by atomic mass is 9.89. The van der Waals surface area contributed by atoms with Crippen molar-refractivity contribution in [2.24, 2.45) is 7.05 Å². The summed E-state index contributed by atoms with van der Waals surface area (Å²) in [7, 11) is 3.72. The van der Waals surface area contributed by atoms with Gasteiger partial charge in [-0.3, -0.25) is 4.68 Å². The monoisotopic (exact) mass is 301 g/mol. The molecule has 2 atom stereocenters. The van der Waals surface area contributed by atoms with Crippen molar-refractivity contribution in [3.63, 3.8) is 0 Å². The molecule has 1 aromatic heterocycles. The molecule has 2 unspecified atom stereocenters. The largest absolute Gasteiger partial charge is 0.377 e. The maximum absolute atomic E-state index is 6.38. The zero-order valence-corrected chi connectivity index (χ0v) is 14.3. The van der Waals surface area contributed by atoms with E-state index in [1.165, 1.54) is 0 Å². The van der Waals surface area contributed by atoms with Crippen molar-refractivity contribution >= 4 is 11.6 Å². The van der Waals surface area contributed by atoms with Crippen molar-refractivity contribution in [2.75, 3.05) is 13.7 Å². The lowest BCUT2D eigenvalue weighted by Gasteiger charge is -2.36. The van der Waals surface area contributed by atoms with Crippen LogP contribution in [0.25, 0.3) is 0 Å². The highest BCUT2D eigenvalue weighted by molar-refractivity contribution is 6.31. The van der Waals surface area contributed by atoms with Gasteiger partial charge in [-0.2, -0.15) is 5.10 Å². The Bertz CT molecular complexity index is 427. The smallest absolute Gasteiger partial charge is 0.0847 e. The Morgan fingerprint density at radius 2 is 2.10 bits per heavy atom. The summed E-state index contributed by atoms with van der Waals surface area (Å²) >= 11 is 6.38. The second-order valence-electron chi connectivity index (χ2n) is 5.55. The molecule has 0 saturated carbocycles. The van der Waals surface area contributed by atoms with Crippen LogP contribution in [0.4, 0.5) is 0 Å². The van der Waals surface area contributed by atoms with Gasteiger partial charge in [0.1, 0.15) is 0 Å². The van der Waals surface area contributed by atoms with Crippen molar-refractivity contribution < 1.29 is 4.74 Å². The first-order valence-electron chi connectivity index (χ1n) is 7.36. The van der Waals surface area contributed by atoms with Crippen LogP contribution in [0, 0.1) is 6.92 Å². The van der Waals surface area contributed by atoms with Gasteiger partial charge in [-0.05, 0) is 33.2 Å². The molecular formula is C15H28ClN3O. The molecule has 1 rings (SSSR count). The number of hydrogen-bond acceptors (Lipinski definition) is 3. The standard InChI is InChI=1S/C15H28ClN3O/c1-7-9-17-13(15(4,8-2)20-6)10-12-14(16)11(3)18-19(12)5/h13,17H,7-10H2,1-6H3. The summed E-state index contributed by atoms with van der Waals surface area (Å²) in [6.07, 6.45) is 2.85. The van der Waals surface area contributed by atoms with E-state index in [9.17, 15) is 0 Å². The molecule has 1 N–H and O–H groups in total. The molecule has 4 nitrogen and oxygen atoms in total. The Hall–Kier alpha value is -0.580. The van der Waals surface area contributed by atoms with E-state index in [2.05, 4.69) is 31.2 Å². The zero-order valence-electron chi connectivity index (χ0n) is 13.6. The lowest BCUT2D eigenvalue weighted by molar-refractivity contribution is -0.0291. The molecule has 0 spiro atoms. The molecule has 116 valence electrons. The van der Waals surface area contributed by atoms with Crippen molar-refractivity contribution in [3.8, 4) is 0 Å². The number of rotatable bonds is 8. The Balaban J connectivity index is 3.00. The molecule has 0 saturated heterocycles. The van der Waals surface area contributed by atoms with Crippen molar-refractivity contribution in [2.45, 2.75) is 58.6 Å². The van der Waals surface area contributed by atoms with Gasteiger partial charge in [-0.15, -0.1) is 0 Å². The topological polar surface area (TPSA) is 39.1 Å². The van der Waals surface area contributed by atoms with Crippen LogP contribution in [0.5, 0.6) is 0 Å². The fourth-order valence-electron chi connectivity index (χ4n) is 2.45. The second-order valence-corrected chi connectivity index (χ2v) is 5.93. The SMILES string of the molecule is CCCNC(Cc1c(Cl)c(C)nn1C)C(C)(CC)OC. The van der Waals surface area contributed by atoms with Crippen LogP contribution in [0.2, 0.25) is 5.02 Å². The fourth-order valence-corrected chi connectivity index (χ4v) is 2.69. The Morgan fingerprint density at radius 1 is 1.45 bits per heavy atom. The van der Waals surface area contributed by atoms with E-state index in [1.54, 1.807) is 7.11 Å². The highest BCUT2D eigenvalue weighted by Crippen LogP contribution is 2.26. The highest BCUT2D eigenvalue weighted by Gasteiger charge is 2.33. The molecule has 0 radical (unpaired) electrons. The minimum absolute atomic E-state index is 0.212. The van der Waals surface area contributed by atoms with Crippen molar-refractivity contribution in [3.05, 3.63) is 16.4 Å². The number of aromatic nitrogens is 2. The molecule has 0 aliphatic heterocycles. The predicted molar refractivity (Wildman–Crippen MR) is 84.4 cm³/mol. The van der Waals surface area contributed by atoms with Gasteiger partial charge in [0.25, 0.3) is 0 Å². The molecular weight excluding hydrogens is 274 g/mol. The number of hydrogen-bond donors (Lipinski definition) is 1. The molecule has 5 heteroatoms. The quantitative estimate of drug-likeness (QED) is 0.802. The number of halogens is 1. The van der Waals surface area contributed by atoms with Crippen LogP contribution in [-0.4, -0.2) is 35.1 Å². The summed E-state index contributed by atoms with van der Waals surface area (Å²) in [5.74, 6) is 0. The number of nitrogens with one attached hydrogen (secondary N) is 1. The van der Waals surface area contributed by atoms with Gasteiger partial charge in [0.2, 0.25) is 0 Å². The summed E-state index contributed by atoms with van der Waals surface area (Å²) in [6, 6.07) is 0.213. The molecule has 0 aliphatic carbocycles. The van der Waals surface area contributed by atoms with Crippen molar-refractivity contribution in [1.29, 1.82) is 0 Å². The molecule has 0 aliphatic rings. The van der Waals surface area contributed by atoms with Gasteiger partial charge in [-0.25, -0.2) is 0 Å². The third-order valence-electron chi connectivity index (χ3n) is 4.21. The minimum atomic E-state index is -0.212. The van der Waals surface area contributed by atoms with Crippen LogP contribution < -0.4 is 5.32 Å². The summed E-state index contributed by atoms with van der Waals surface area (Å²) in [5.41, 5.74) is 1.74. The second kappa shape index (κ2) is 7.43. The number of aryl methyl sites for hydroxylation is 2. The molecule has 1 heterocycles. The molecule has 1 aromatic rings. The van der Waals surface area contributed by atoms with Gasteiger partial charge in [0.15, 0.2) is 0 Å². The summed E-state index contributed by atoms with van der Waals surface area (Å²) < 4.78 is 7.65. The van der Waals surface area contributed by atoms with E-state index >= 15 is 0 Å². The van der Waals surface area contributed by atoms with E-state index < -0.39 is 0 Å². The van der Waals surface area contributed by atoms with Crippen LogP contribution in [0.15, 0.2) is 0 Å². The first-order valence-corrected chi connectivity index (χ1v) is 7.73. The average Bonchev–Trinajstić information content (AvgIpc) is 2.68. The fraction of sp³-hybridized carbons (Fsp3) is 0.800. The Kier molecular flexibility index (Phi) is 6.49. The third kappa shape index (κ3) is 3.74. The number of nitrogens with zero attached hydrogens (tertiary/aromatic N) is 2. The van der Waals surface area contributed by atoms with Gasteiger partial charge in [0, 0.05) is 26.6 Å². The van der Waals surface area contributed by atoms with Crippen molar-refractivity contribution in [1.82, 2.24) is 15.1 Å². The maximum atomic E-state index is 6.38. The van der Waals surface area contributed by atoms with E-state index in [0.717, 1.165) is 42.2 Å². The molecule has 0 fully saturated rings. The highest BCUT2D eigenvalue weighted by atomic mass is 35.5. The van der Waals surface area contributed by atoms with E-state index in [4.69, 9.17) is 16.3 Å². The van der Waals surface area contributed by atoms with Crippen LogP contribution in [0.1, 0.15) is 45.0 Å². The zero-order chi connectivity index (χ0) is 15.3. The molecule has 20 heavy (non-hydrogen) atoms. The predicted octanol–water partition coefficient (Wildman–Crippen LogP) is 3.11. The Labute approximate surface area is 127 Å². The summed E-state index contributed by atoms with van der Waals surface area (Å²) in [6.45, 7) is 9.38. The van der Waals surface area contributed by atoms with Crippen LogP contribution in [-0.2, 0) is 18.2 Å². The van der Waals surface area contributed by atoms with Crippen LogP contribution >= 0.6 is 11.6 Å². The first-order chi connectivity index (χ1) is 9.39. The molecule has 0 bridgehead atoms. The molecule has 0 amide bonds. The molecule has 0 aromatic carbocycles. The van der Waals surface area contributed by atoms with Gasteiger partial charge in [0.05, 0.1) is 22.0 Å². The minimum Gasteiger partial charge on any atom is -0.377 e. The van der Waals surface area contributed by atoms with Gasteiger partial charge < -0.3 is 10.1 Å². The number of methoxy groups -OCH3 is 1. The lowest BCUT2D eigenvalue weighted by Crippen LogP contribution is -2.51. The first kappa shape index (κ1) is 17.5. The summed E-state index contributed by atoms with van der Waals surface area (Å²) in [4.78, 5) is 0. The maximum Gasteiger partial charge on any atom is 0.0847 e. The van der Waals surface area contributed by atoms with Gasteiger partial charge >= 0.3 is 0 Å². The van der Waals surface area contributed by atoms with E-state index in [-0.39, 0.29) is 11.6 Å². The van der Waals surface area contributed by atoms with E-state index in [1.807, 2.05) is 18.7 Å². The average molecular weight is 302 g/mol. The number of ether oxygens (including phenoxy) is 1. The normalized spacial score (nSPS) is 16.1. The third-order valence-corrected chi connectivity index (χ3v) is 4.70. The summed E-state index contributed by atoms with van der Waals surface area (Å²) in [5, 5.41) is 8.76. The van der Waals surface area contributed by atoms with E-state index in [0.29, 0.717) is 0 Å².